The van der Waals surface area contributed by atoms with Crippen LogP contribution in [-0.2, 0) is 11.2 Å². The minimum absolute atomic E-state index is 0.0326. The van der Waals surface area contributed by atoms with Gasteiger partial charge < -0.3 is 4.74 Å². The monoisotopic (exact) mass is 441 g/mol. The van der Waals surface area contributed by atoms with Gasteiger partial charge in [-0.25, -0.2) is 0 Å². The molecule has 0 spiro atoms. The molecule has 1 heterocycles. The van der Waals surface area contributed by atoms with E-state index >= 15 is 0 Å². The van der Waals surface area contributed by atoms with Gasteiger partial charge in [-0.3, -0.25) is 4.90 Å². The lowest BCUT2D eigenvalue weighted by atomic mass is 9.69. The molecular formula is C25H32BrNO. The van der Waals surface area contributed by atoms with Crippen molar-refractivity contribution in [2.45, 2.75) is 64.3 Å². The van der Waals surface area contributed by atoms with Crippen LogP contribution in [0.25, 0.3) is 0 Å². The van der Waals surface area contributed by atoms with Crippen molar-refractivity contribution < 1.29 is 4.74 Å². The quantitative estimate of drug-likeness (QED) is 0.529. The first-order valence-electron chi connectivity index (χ1n) is 10.7. The zero-order chi connectivity index (χ0) is 19.7. The summed E-state index contributed by atoms with van der Waals surface area (Å²) in [7, 11) is 0. The number of nitrogens with zero attached hydrogens (tertiary/aromatic N) is 1. The highest BCUT2D eigenvalue weighted by Gasteiger charge is 2.50. The molecule has 0 amide bonds. The van der Waals surface area contributed by atoms with Crippen LogP contribution in [0, 0.1) is 11.8 Å². The molecule has 3 heteroatoms. The molecule has 2 nitrogen and oxygen atoms in total. The molecule has 0 unspecified atom stereocenters. The average Bonchev–Trinajstić information content (AvgIpc) is 2.68. The summed E-state index contributed by atoms with van der Waals surface area (Å²) in [4.78, 5) is 2.62. The number of fused-ring (bicyclic) bond motifs is 1. The zero-order valence-electron chi connectivity index (χ0n) is 17.3. The molecule has 4 rings (SSSR count). The Kier molecular flexibility index (Phi) is 5.96. The van der Waals surface area contributed by atoms with Crippen LogP contribution in [-0.4, -0.2) is 23.1 Å². The average molecular weight is 442 g/mol. The van der Waals surface area contributed by atoms with Gasteiger partial charge >= 0.3 is 0 Å². The lowest BCUT2D eigenvalue weighted by molar-refractivity contribution is -0.236. The van der Waals surface area contributed by atoms with Crippen LogP contribution < -0.4 is 0 Å². The molecule has 1 aliphatic carbocycles. The predicted molar refractivity (Wildman–Crippen MR) is 119 cm³/mol. The van der Waals surface area contributed by atoms with Gasteiger partial charge in [-0.1, -0.05) is 77.8 Å². The smallest absolute Gasteiger partial charge is 0.137 e. The third kappa shape index (κ3) is 3.94. The summed E-state index contributed by atoms with van der Waals surface area (Å²) >= 11 is 3.72. The Hall–Kier alpha value is -1.16. The SMILES string of the molecule is C[C@H]1CC[C@H]2[C@H](C1)O[C@H](c1ccccc1)N(CCc1ccccc1Br)C2(C)C. The Morgan fingerprint density at radius 1 is 1.04 bits per heavy atom. The second-order valence-corrected chi connectivity index (χ2v) is 10.0. The number of hydrogen-bond acceptors (Lipinski definition) is 2. The Bertz CT molecular complexity index is 790. The second kappa shape index (κ2) is 8.30. The van der Waals surface area contributed by atoms with Crippen molar-refractivity contribution in [3.8, 4) is 0 Å². The van der Waals surface area contributed by atoms with Crippen molar-refractivity contribution >= 4 is 15.9 Å². The maximum Gasteiger partial charge on any atom is 0.137 e. The summed E-state index contributed by atoms with van der Waals surface area (Å²) in [5.74, 6) is 1.36. The second-order valence-electron chi connectivity index (χ2n) is 9.15. The summed E-state index contributed by atoms with van der Waals surface area (Å²) in [6, 6.07) is 19.4. The molecule has 1 saturated carbocycles. The van der Waals surface area contributed by atoms with Crippen LogP contribution in [0.5, 0.6) is 0 Å². The van der Waals surface area contributed by atoms with E-state index in [0.29, 0.717) is 12.0 Å². The number of benzene rings is 2. The fraction of sp³-hybridized carbons (Fsp3) is 0.520. The summed E-state index contributed by atoms with van der Waals surface area (Å²) < 4.78 is 8.03. The molecule has 2 fully saturated rings. The van der Waals surface area contributed by atoms with E-state index < -0.39 is 0 Å². The third-order valence-corrected chi connectivity index (χ3v) is 7.73. The van der Waals surface area contributed by atoms with Gasteiger partial charge in [0, 0.05) is 22.5 Å². The number of hydrogen-bond donors (Lipinski definition) is 0. The van der Waals surface area contributed by atoms with Crippen LogP contribution in [0.2, 0.25) is 0 Å². The van der Waals surface area contributed by atoms with Crippen LogP contribution in [0.4, 0.5) is 0 Å². The van der Waals surface area contributed by atoms with Gasteiger partial charge in [0.25, 0.3) is 0 Å². The van der Waals surface area contributed by atoms with Crippen molar-refractivity contribution in [2.75, 3.05) is 6.54 Å². The summed E-state index contributed by atoms with van der Waals surface area (Å²) in [5.41, 5.74) is 2.76. The number of ether oxygens (including phenoxy) is 1. The summed E-state index contributed by atoms with van der Waals surface area (Å²) in [6.45, 7) is 8.26. The topological polar surface area (TPSA) is 12.5 Å². The maximum atomic E-state index is 6.83. The molecule has 2 aromatic carbocycles. The van der Waals surface area contributed by atoms with Gasteiger partial charge in [0.2, 0.25) is 0 Å². The summed E-state index contributed by atoms with van der Waals surface area (Å²) in [5, 5.41) is 0. The number of halogens is 1. The minimum atomic E-state index is 0.0326. The molecule has 0 bridgehead atoms. The maximum absolute atomic E-state index is 6.83. The van der Waals surface area contributed by atoms with Crippen molar-refractivity contribution in [2.24, 2.45) is 11.8 Å². The standard InChI is InChI=1S/C25H32BrNO/c1-18-13-14-21-23(17-18)28-24(20-10-5-4-6-11-20)27(25(21,2)3)16-15-19-9-7-8-12-22(19)26/h4-12,18,21,23-24H,13-17H2,1-3H3/t18-,21-,23-,24+/m0/s1. The Morgan fingerprint density at radius 2 is 1.75 bits per heavy atom. The highest BCUT2D eigenvalue weighted by molar-refractivity contribution is 9.10. The third-order valence-electron chi connectivity index (χ3n) is 6.95. The van der Waals surface area contributed by atoms with Gasteiger partial charge in [0.15, 0.2) is 0 Å². The molecule has 0 N–H and O–H groups in total. The fourth-order valence-electron chi connectivity index (χ4n) is 5.27. The van der Waals surface area contributed by atoms with Gasteiger partial charge in [-0.15, -0.1) is 0 Å². The Labute approximate surface area is 178 Å². The van der Waals surface area contributed by atoms with E-state index in [1.807, 2.05) is 0 Å². The molecule has 0 radical (unpaired) electrons. The zero-order valence-corrected chi connectivity index (χ0v) is 18.9. The Balaban J connectivity index is 1.64. The molecule has 0 aromatic heterocycles. The van der Waals surface area contributed by atoms with Crippen molar-refractivity contribution in [1.82, 2.24) is 4.90 Å². The van der Waals surface area contributed by atoms with Crippen LogP contribution in [0.15, 0.2) is 59.1 Å². The normalized spacial score (nSPS) is 30.0. The largest absolute Gasteiger partial charge is 0.355 e. The first kappa shape index (κ1) is 20.1. The van der Waals surface area contributed by atoms with E-state index in [1.165, 1.54) is 34.9 Å². The first-order valence-corrected chi connectivity index (χ1v) is 11.5. The van der Waals surface area contributed by atoms with E-state index in [9.17, 15) is 0 Å². The molecule has 2 aliphatic rings. The molecule has 4 atom stereocenters. The van der Waals surface area contributed by atoms with E-state index in [4.69, 9.17) is 4.74 Å². The van der Waals surface area contributed by atoms with Gasteiger partial charge in [-0.2, -0.15) is 0 Å². The van der Waals surface area contributed by atoms with Crippen LogP contribution >= 0.6 is 15.9 Å². The number of rotatable bonds is 4. The first-order chi connectivity index (χ1) is 13.5. The van der Waals surface area contributed by atoms with E-state index in [1.54, 1.807) is 0 Å². The molecule has 2 aromatic rings. The van der Waals surface area contributed by atoms with E-state index in [-0.39, 0.29) is 11.8 Å². The van der Waals surface area contributed by atoms with E-state index in [2.05, 4.69) is 96.2 Å². The van der Waals surface area contributed by atoms with Gasteiger partial charge in [0.05, 0.1) is 6.10 Å². The van der Waals surface area contributed by atoms with Crippen molar-refractivity contribution in [3.63, 3.8) is 0 Å². The van der Waals surface area contributed by atoms with Crippen molar-refractivity contribution in [3.05, 3.63) is 70.2 Å². The molecule has 150 valence electrons. The van der Waals surface area contributed by atoms with Crippen molar-refractivity contribution in [1.29, 1.82) is 0 Å². The molecule has 1 saturated heterocycles. The minimum Gasteiger partial charge on any atom is -0.355 e. The van der Waals surface area contributed by atoms with Gasteiger partial charge in [0.1, 0.15) is 6.23 Å². The highest BCUT2D eigenvalue weighted by atomic mass is 79.9. The van der Waals surface area contributed by atoms with E-state index in [0.717, 1.165) is 18.9 Å². The Morgan fingerprint density at radius 3 is 2.50 bits per heavy atom. The van der Waals surface area contributed by atoms with Gasteiger partial charge in [-0.05, 0) is 56.2 Å². The van der Waals surface area contributed by atoms with Crippen LogP contribution in [0.3, 0.4) is 0 Å². The lowest BCUT2D eigenvalue weighted by Crippen LogP contribution is -2.61. The predicted octanol–water partition coefficient (Wildman–Crippen LogP) is 6.61. The highest BCUT2D eigenvalue weighted by Crippen LogP contribution is 2.48. The summed E-state index contributed by atoms with van der Waals surface area (Å²) in [6.07, 6.45) is 5.20. The molecular weight excluding hydrogens is 410 g/mol. The lowest BCUT2D eigenvalue weighted by Gasteiger charge is -2.57. The van der Waals surface area contributed by atoms with Crippen LogP contribution in [0.1, 0.15) is 57.4 Å². The fourth-order valence-corrected chi connectivity index (χ4v) is 5.75. The molecule has 28 heavy (non-hydrogen) atoms. The molecule has 1 aliphatic heterocycles.